The number of rotatable bonds is 4. The van der Waals surface area contributed by atoms with E-state index >= 15 is 0 Å². The number of cyclic esters (lactones) is 1. The maximum Gasteiger partial charge on any atom is 0.416 e. The van der Waals surface area contributed by atoms with E-state index in [1.807, 2.05) is 30.3 Å². The van der Waals surface area contributed by atoms with E-state index in [9.17, 15) is 18.0 Å². The minimum Gasteiger partial charge on any atom is -0.402 e. The normalized spacial score (nSPS) is 15.5. The summed E-state index contributed by atoms with van der Waals surface area (Å²) in [6.45, 7) is 0.578. The van der Waals surface area contributed by atoms with Gasteiger partial charge < -0.3 is 4.74 Å². The van der Waals surface area contributed by atoms with E-state index < -0.39 is 17.7 Å². The van der Waals surface area contributed by atoms with E-state index in [1.165, 1.54) is 18.2 Å². The summed E-state index contributed by atoms with van der Waals surface area (Å²) in [5.74, 6) is -0.706. The molecule has 0 spiro atoms. The first kappa shape index (κ1) is 18.7. The largest absolute Gasteiger partial charge is 0.416 e. The van der Waals surface area contributed by atoms with Crippen LogP contribution in [0.5, 0.6) is 0 Å². The highest BCUT2D eigenvalue weighted by molar-refractivity contribution is 6.12. The van der Waals surface area contributed by atoms with Crippen LogP contribution in [0.2, 0.25) is 0 Å². The number of hydrogen-bond donors (Lipinski definition) is 0. The average Bonchev–Trinajstić information content (AvgIpc) is 3.29. The van der Waals surface area contributed by atoms with Crippen LogP contribution in [0.25, 0.3) is 6.08 Å². The maximum atomic E-state index is 12.7. The number of esters is 1. The van der Waals surface area contributed by atoms with Gasteiger partial charge in [-0.25, -0.2) is 9.79 Å². The molecule has 0 unspecified atom stereocenters. The zero-order valence-electron chi connectivity index (χ0n) is 14.9. The molecule has 146 valence electrons. The molecule has 1 aromatic heterocycles. The number of hydrogen-bond acceptors (Lipinski definition) is 4. The minimum absolute atomic E-state index is 0.0355. The molecule has 0 saturated carbocycles. The Morgan fingerprint density at radius 1 is 1.03 bits per heavy atom. The topological polar surface area (TPSA) is 56.5 Å². The van der Waals surface area contributed by atoms with Crippen LogP contribution in [0.1, 0.15) is 22.3 Å². The summed E-state index contributed by atoms with van der Waals surface area (Å²) in [5, 5.41) is 4.25. The van der Waals surface area contributed by atoms with Gasteiger partial charge in [0.2, 0.25) is 5.90 Å². The smallest absolute Gasteiger partial charge is 0.402 e. The molecule has 0 fully saturated rings. The van der Waals surface area contributed by atoms with E-state index in [1.54, 1.807) is 17.1 Å². The quantitative estimate of drug-likeness (QED) is 0.487. The fourth-order valence-electron chi connectivity index (χ4n) is 2.80. The van der Waals surface area contributed by atoms with Gasteiger partial charge >= 0.3 is 12.1 Å². The number of aliphatic imine (C=N–C) groups is 1. The molecule has 0 atom stereocenters. The van der Waals surface area contributed by atoms with Crippen LogP contribution in [0.15, 0.2) is 77.7 Å². The molecule has 0 aliphatic carbocycles. The number of ether oxygens (including phenoxy) is 1. The summed E-state index contributed by atoms with van der Waals surface area (Å²) in [4.78, 5) is 16.2. The molecule has 0 N–H and O–H groups in total. The number of carbonyl (C=O) groups is 1. The highest BCUT2D eigenvalue weighted by atomic mass is 19.4. The molecule has 29 heavy (non-hydrogen) atoms. The van der Waals surface area contributed by atoms with Crippen LogP contribution in [-0.2, 0) is 22.3 Å². The van der Waals surface area contributed by atoms with Crippen LogP contribution >= 0.6 is 0 Å². The molecule has 8 heteroatoms. The van der Waals surface area contributed by atoms with Gasteiger partial charge in [0.15, 0.2) is 5.70 Å². The van der Waals surface area contributed by atoms with Gasteiger partial charge in [-0.05, 0) is 35.9 Å². The van der Waals surface area contributed by atoms with E-state index in [-0.39, 0.29) is 17.2 Å². The second kappa shape index (κ2) is 7.38. The van der Waals surface area contributed by atoms with Crippen LogP contribution in [0, 0.1) is 0 Å². The number of halogens is 3. The molecule has 5 nitrogen and oxygen atoms in total. The fraction of sp³-hybridized carbons (Fsp3) is 0.0952. The van der Waals surface area contributed by atoms with Crippen molar-refractivity contribution in [2.45, 2.75) is 12.7 Å². The van der Waals surface area contributed by atoms with E-state index in [0.717, 1.165) is 17.7 Å². The molecule has 3 aromatic rings. The van der Waals surface area contributed by atoms with Crippen molar-refractivity contribution in [3.63, 3.8) is 0 Å². The van der Waals surface area contributed by atoms with E-state index in [4.69, 9.17) is 4.74 Å². The summed E-state index contributed by atoms with van der Waals surface area (Å²) in [6, 6.07) is 14.0. The van der Waals surface area contributed by atoms with Crippen molar-refractivity contribution in [1.82, 2.24) is 9.78 Å². The molecule has 0 amide bonds. The minimum atomic E-state index is -4.43. The Morgan fingerprint density at radius 2 is 1.76 bits per heavy atom. The third-order valence-electron chi connectivity index (χ3n) is 4.22. The third kappa shape index (κ3) is 4.26. The number of carbonyl (C=O) groups excluding carboxylic acids is 1. The fourth-order valence-corrected chi connectivity index (χ4v) is 2.80. The van der Waals surface area contributed by atoms with Crippen molar-refractivity contribution in [3.05, 3.63) is 94.9 Å². The highest BCUT2D eigenvalue weighted by Gasteiger charge is 2.31. The lowest BCUT2D eigenvalue weighted by Gasteiger charge is -2.06. The predicted octanol–water partition coefficient (Wildman–Crippen LogP) is 4.29. The highest BCUT2D eigenvalue weighted by Crippen LogP contribution is 2.29. The van der Waals surface area contributed by atoms with Gasteiger partial charge in [0.05, 0.1) is 18.3 Å². The first-order valence-electron chi connectivity index (χ1n) is 8.65. The second-order valence-electron chi connectivity index (χ2n) is 6.37. The molecule has 0 radical (unpaired) electrons. The Labute approximate surface area is 163 Å². The van der Waals surface area contributed by atoms with Crippen LogP contribution in [0.4, 0.5) is 13.2 Å². The summed E-state index contributed by atoms with van der Waals surface area (Å²) < 4.78 is 44.8. The number of benzene rings is 2. The molecule has 4 rings (SSSR count). The summed E-state index contributed by atoms with van der Waals surface area (Å²) >= 11 is 0. The van der Waals surface area contributed by atoms with Crippen molar-refractivity contribution >= 4 is 17.9 Å². The van der Waals surface area contributed by atoms with Gasteiger partial charge in [-0.2, -0.15) is 18.3 Å². The van der Waals surface area contributed by atoms with Crippen molar-refractivity contribution in [3.8, 4) is 0 Å². The molecule has 0 bridgehead atoms. The predicted molar refractivity (Wildman–Crippen MR) is 99.8 cm³/mol. The Balaban J connectivity index is 1.52. The zero-order chi connectivity index (χ0) is 20.4. The monoisotopic (exact) mass is 397 g/mol. The van der Waals surface area contributed by atoms with Crippen LogP contribution in [0.3, 0.4) is 0 Å². The first-order valence-corrected chi connectivity index (χ1v) is 8.65. The molecule has 0 saturated heterocycles. The number of alkyl halides is 3. The first-order chi connectivity index (χ1) is 13.9. The molecule has 2 aromatic carbocycles. The van der Waals surface area contributed by atoms with Gasteiger partial charge in [0, 0.05) is 17.3 Å². The Morgan fingerprint density at radius 3 is 2.45 bits per heavy atom. The zero-order valence-corrected chi connectivity index (χ0v) is 14.9. The molecule has 1 aliphatic heterocycles. The summed E-state index contributed by atoms with van der Waals surface area (Å²) in [6.07, 6.45) is 0.444. The molecule has 1 aliphatic rings. The van der Waals surface area contributed by atoms with Crippen molar-refractivity contribution < 1.29 is 22.7 Å². The maximum absolute atomic E-state index is 12.7. The molecular formula is C21H14F3N3O2. The average molecular weight is 397 g/mol. The summed E-state index contributed by atoms with van der Waals surface area (Å²) in [5.41, 5.74) is 1.30. The van der Waals surface area contributed by atoms with Gasteiger partial charge in [0.25, 0.3) is 0 Å². The van der Waals surface area contributed by atoms with E-state index in [2.05, 4.69) is 10.1 Å². The van der Waals surface area contributed by atoms with Crippen molar-refractivity contribution in [2.24, 2.45) is 4.99 Å². The summed E-state index contributed by atoms with van der Waals surface area (Å²) in [7, 11) is 0. The van der Waals surface area contributed by atoms with Crippen LogP contribution in [-0.4, -0.2) is 21.6 Å². The Hall–Kier alpha value is -3.68. The van der Waals surface area contributed by atoms with Crippen molar-refractivity contribution in [1.29, 1.82) is 0 Å². The standard InChI is InChI=1S/C21H14F3N3O2/c22-21(23,24)17-8-6-16(7-9-17)19-26-18(20(28)29-19)10-15-11-25-27(13-15)12-14-4-2-1-3-5-14/h1-11,13H,12H2/b18-10-. The lowest BCUT2D eigenvalue weighted by atomic mass is 10.1. The lowest BCUT2D eigenvalue weighted by Crippen LogP contribution is -2.08. The molecular weight excluding hydrogens is 383 g/mol. The van der Waals surface area contributed by atoms with Crippen LogP contribution < -0.4 is 0 Å². The Kier molecular flexibility index (Phi) is 4.75. The van der Waals surface area contributed by atoms with Gasteiger partial charge in [0.1, 0.15) is 0 Å². The van der Waals surface area contributed by atoms with Gasteiger partial charge in [-0.15, -0.1) is 0 Å². The number of nitrogens with zero attached hydrogens (tertiary/aromatic N) is 3. The Bertz CT molecular complexity index is 1100. The molecule has 2 heterocycles. The second-order valence-corrected chi connectivity index (χ2v) is 6.37. The SMILES string of the molecule is O=C1OC(c2ccc(C(F)(F)F)cc2)=N/C1=C\c1cnn(Cc2ccccc2)c1. The van der Waals surface area contributed by atoms with E-state index in [0.29, 0.717) is 12.1 Å². The number of aromatic nitrogens is 2. The van der Waals surface area contributed by atoms with Gasteiger partial charge in [-0.3, -0.25) is 4.68 Å². The third-order valence-corrected chi connectivity index (χ3v) is 4.22. The van der Waals surface area contributed by atoms with Crippen molar-refractivity contribution in [2.75, 3.05) is 0 Å². The van der Waals surface area contributed by atoms with Gasteiger partial charge in [-0.1, -0.05) is 30.3 Å². The lowest BCUT2D eigenvalue weighted by molar-refractivity contribution is -0.137.